The van der Waals surface area contributed by atoms with Crippen LogP contribution >= 0.6 is 12.4 Å². The number of ether oxygens (including phenoxy) is 1. The lowest BCUT2D eigenvalue weighted by Gasteiger charge is -2.40. The van der Waals surface area contributed by atoms with Crippen molar-refractivity contribution in [1.82, 2.24) is 24.6 Å². The van der Waals surface area contributed by atoms with Crippen LogP contribution in [-0.4, -0.2) is 75.9 Å². The number of H-pyrrole nitrogens is 1. The van der Waals surface area contributed by atoms with Crippen molar-refractivity contribution in [2.75, 3.05) is 39.4 Å². The summed E-state index contributed by atoms with van der Waals surface area (Å²) in [5.74, 6) is 0.0638. The number of aromatic amines is 1. The number of nitrogens with zero attached hydrogens (tertiary/aromatic N) is 4. The first-order valence-corrected chi connectivity index (χ1v) is 12.1. The normalized spacial score (nSPS) is 20.1. The molecule has 0 bridgehead atoms. The second-order valence-corrected chi connectivity index (χ2v) is 9.50. The van der Waals surface area contributed by atoms with Gasteiger partial charge in [-0.1, -0.05) is 6.92 Å². The first-order valence-electron chi connectivity index (χ1n) is 12.1. The smallest absolute Gasteiger partial charge is 0.259 e. The predicted octanol–water partition coefficient (Wildman–Crippen LogP) is 3.52. The van der Waals surface area contributed by atoms with Crippen molar-refractivity contribution in [1.29, 1.82) is 0 Å². The molecule has 184 valence electrons. The van der Waals surface area contributed by atoms with Crippen LogP contribution in [-0.2, 0) is 4.74 Å². The molecule has 1 atom stereocenters. The van der Waals surface area contributed by atoms with Crippen LogP contribution in [0.1, 0.15) is 55.1 Å². The number of aryl methyl sites for hydroxylation is 1. The average molecular weight is 488 g/mol. The molecule has 9 heteroatoms. The molecule has 5 rings (SSSR count). The molecule has 1 amide bonds. The number of piperazine rings is 1. The van der Waals surface area contributed by atoms with Gasteiger partial charge < -0.3 is 14.6 Å². The van der Waals surface area contributed by atoms with Gasteiger partial charge in [-0.25, -0.2) is 0 Å². The molecule has 4 heterocycles. The van der Waals surface area contributed by atoms with E-state index in [2.05, 4.69) is 28.8 Å². The molecular formula is C25H34ClN5O3. The fraction of sp³-hybridized carbons (Fsp3) is 0.560. The number of carbonyl (C=O) groups excluding carboxylic acids is 1. The number of hydrogen-bond acceptors (Lipinski definition) is 5. The maximum absolute atomic E-state index is 13.6. The van der Waals surface area contributed by atoms with Crippen LogP contribution < -0.4 is 5.56 Å². The Kier molecular flexibility index (Phi) is 7.31. The van der Waals surface area contributed by atoms with E-state index >= 15 is 0 Å². The first-order chi connectivity index (χ1) is 16.0. The maximum Gasteiger partial charge on any atom is 0.259 e. The lowest BCUT2D eigenvalue weighted by Crippen LogP contribution is -2.53. The molecule has 2 aliphatic heterocycles. The summed E-state index contributed by atoms with van der Waals surface area (Å²) in [6, 6.07) is 4.43. The fourth-order valence-electron chi connectivity index (χ4n) is 5.40. The van der Waals surface area contributed by atoms with Crippen LogP contribution in [0.3, 0.4) is 0 Å². The number of rotatable bonds is 4. The van der Waals surface area contributed by atoms with E-state index in [1.165, 1.54) is 0 Å². The number of hydrogen-bond donors (Lipinski definition) is 1. The number of halogens is 1. The first kappa shape index (κ1) is 24.7. The molecule has 0 spiro atoms. The van der Waals surface area contributed by atoms with Crippen molar-refractivity contribution in [2.45, 2.75) is 52.1 Å². The summed E-state index contributed by atoms with van der Waals surface area (Å²) in [5, 5.41) is 6.04. The second kappa shape index (κ2) is 10.1. The van der Waals surface area contributed by atoms with Crippen LogP contribution in [0.2, 0.25) is 0 Å². The quantitative estimate of drug-likeness (QED) is 0.608. The molecule has 0 radical (unpaired) electrons. The number of nitrogens with one attached hydrogen (secondary N) is 1. The van der Waals surface area contributed by atoms with Crippen molar-refractivity contribution < 1.29 is 9.53 Å². The minimum Gasteiger partial charge on any atom is -0.381 e. The number of aromatic nitrogens is 3. The predicted molar refractivity (Wildman–Crippen MR) is 136 cm³/mol. The van der Waals surface area contributed by atoms with Gasteiger partial charge in [0, 0.05) is 49.8 Å². The monoisotopic (exact) mass is 487 g/mol. The minimum absolute atomic E-state index is 0. The van der Waals surface area contributed by atoms with Gasteiger partial charge in [0.05, 0.1) is 28.7 Å². The van der Waals surface area contributed by atoms with Crippen LogP contribution in [0.15, 0.2) is 23.1 Å². The molecule has 2 fully saturated rings. The highest BCUT2D eigenvalue weighted by Gasteiger charge is 2.28. The highest BCUT2D eigenvalue weighted by molar-refractivity contribution is 6.07. The summed E-state index contributed by atoms with van der Waals surface area (Å²) in [4.78, 5) is 33.8. The zero-order valence-electron chi connectivity index (χ0n) is 20.2. The number of carbonyl (C=O) groups is 1. The molecule has 1 aromatic carbocycles. The summed E-state index contributed by atoms with van der Waals surface area (Å²) >= 11 is 0. The fourth-order valence-corrected chi connectivity index (χ4v) is 5.40. The highest BCUT2D eigenvalue weighted by Crippen LogP contribution is 2.30. The van der Waals surface area contributed by atoms with Crippen LogP contribution in [0.25, 0.3) is 21.8 Å². The lowest BCUT2D eigenvalue weighted by molar-refractivity contribution is 0.0515. The van der Waals surface area contributed by atoms with Crippen LogP contribution in [0, 0.1) is 6.92 Å². The molecule has 1 N–H and O–H groups in total. The molecule has 2 saturated heterocycles. The third-order valence-corrected chi connectivity index (χ3v) is 7.24. The Balaban J connectivity index is 0.00000274. The number of benzene rings is 1. The largest absolute Gasteiger partial charge is 0.381 e. The van der Waals surface area contributed by atoms with Crippen molar-refractivity contribution in [2.24, 2.45) is 0 Å². The molecule has 3 aromatic rings. The van der Waals surface area contributed by atoms with E-state index in [1.54, 1.807) is 6.20 Å². The van der Waals surface area contributed by atoms with Gasteiger partial charge in [-0.15, -0.1) is 12.4 Å². The molecule has 34 heavy (non-hydrogen) atoms. The Morgan fingerprint density at radius 1 is 1.21 bits per heavy atom. The van der Waals surface area contributed by atoms with Gasteiger partial charge in [-0.2, -0.15) is 5.10 Å². The van der Waals surface area contributed by atoms with E-state index in [-0.39, 0.29) is 29.9 Å². The Hall–Kier alpha value is -2.42. The van der Waals surface area contributed by atoms with E-state index in [9.17, 15) is 9.59 Å². The highest BCUT2D eigenvalue weighted by atomic mass is 35.5. The summed E-state index contributed by atoms with van der Waals surface area (Å²) in [7, 11) is 0. The molecular weight excluding hydrogens is 454 g/mol. The lowest BCUT2D eigenvalue weighted by atomic mass is 10.0. The van der Waals surface area contributed by atoms with Crippen LogP contribution in [0.5, 0.6) is 0 Å². The van der Waals surface area contributed by atoms with Crippen molar-refractivity contribution in [3.8, 4) is 0 Å². The molecule has 8 nitrogen and oxygen atoms in total. The standard InChI is InChI=1S/C25H33N5O3.ClH/c1-4-7-28-8-9-29(15-17(28)3)25(32)19-13-20-22(12-16(19)2)27-24(31)21-14-26-30(23(20)21)18-5-10-33-11-6-18;/h12-14,17-18H,4-11,15H2,1-3H3,(H,27,31);1H/t17-;/m0./s1. The topological polar surface area (TPSA) is 83.5 Å². The Bertz CT molecular complexity index is 1250. The minimum atomic E-state index is -0.143. The van der Waals surface area contributed by atoms with E-state index in [1.807, 2.05) is 28.6 Å². The zero-order chi connectivity index (χ0) is 23.1. The van der Waals surface area contributed by atoms with E-state index < -0.39 is 0 Å². The summed E-state index contributed by atoms with van der Waals surface area (Å²) in [6.45, 7) is 11.2. The van der Waals surface area contributed by atoms with Gasteiger partial charge in [0.25, 0.3) is 11.5 Å². The van der Waals surface area contributed by atoms with Gasteiger partial charge in [0.15, 0.2) is 0 Å². The number of fused-ring (bicyclic) bond motifs is 3. The third-order valence-electron chi connectivity index (χ3n) is 7.24. The average Bonchev–Trinajstić information content (AvgIpc) is 3.26. The van der Waals surface area contributed by atoms with E-state index in [4.69, 9.17) is 4.74 Å². The molecule has 2 aliphatic rings. The summed E-state index contributed by atoms with van der Waals surface area (Å²) < 4.78 is 7.50. The molecule has 0 saturated carbocycles. The molecule has 0 unspecified atom stereocenters. The maximum atomic E-state index is 13.6. The third kappa shape index (κ3) is 4.34. The van der Waals surface area contributed by atoms with Crippen LogP contribution in [0.4, 0.5) is 0 Å². The number of amides is 1. The van der Waals surface area contributed by atoms with Gasteiger partial charge in [-0.3, -0.25) is 19.2 Å². The Morgan fingerprint density at radius 2 is 1.97 bits per heavy atom. The van der Waals surface area contributed by atoms with Crippen molar-refractivity contribution in [3.05, 3.63) is 39.8 Å². The zero-order valence-corrected chi connectivity index (χ0v) is 21.0. The van der Waals surface area contributed by atoms with Gasteiger partial charge >= 0.3 is 0 Å². The van der Waals surface area contributed by atoms with Crippen molar-refractivity contribution >= 4 is 40.1 Å². The van der Waals surface area contributed by atoms with Crippen molar-refractivity contribution in [3.63, 3.8) is 0 Å². The van der Waals surface area contributed by atoms with Gasteiger partial charge in [0.2, 0.25) is 0 Å². The summed E-state index contributed by atoms with van der Waals surface area (Å²) in [5.41, 5.74) is 3.00. The summed E-state index contributed by atoms with van der Waals surface area (Å²) in [6.07, 6.45) is 4.50. The van der Waals surface area contributed by atoms with E-state index in [0.29, 0.717) is 30.2 Å². The molecule has 2 aromatic heterocycles. The SMILES string of the molecule is CCCN1CCN(C(=O)c2cc3c(cc2C)[nH]c(=O)c2cnn(C4CCOCC4)c23)C[C@@H]1C.Cl. The molecule has 0 aliphatic carbocycles. The van der Waals surface area contributed by atoms with Gasteiger partial charge in [-0.05, 0) is 57.4 Å². The number of pyridine rings is 1. The Labute approximate surface area is 205 Å². The Morgan fingerprint density at radius 3 is 2.68 bits per heavy atom. The second-order valence-electron chi connectivity index (χ2n) is 9.50. The van der Waals surface area contributed by atoms with E-state index in [0.717, 1.165) is 67.4 Å². The van der Waals surface area contributed by atoms with Gasteiger partial charge in [0.1, 0.15) is 0 Å².